The molecular formula is C10H9BrO3. The molecule has 0 fully saturated rings. The minimum atomic E-state index is -0.127. The standard InChI is InChI=1S/C10H9BrO3/c1-6(13)7-3-4-9(11)8(5-12)10(7)14-2/h3-5H,1-2H3. The summed E-state index contributed by atoms with van der Waals surface area (Å²) in [4.78, 5) is 22.0. The minimum Gasteiger partial charge on any atom is -0.495 e. The van der Waals surface area contributed by atoms with Crippen LogP contribution >= 0.6 is 15.9 Å². The van der Waals surface area contributed by atoms with Gasteiger partial charge in [0.15, 0.2) is 12.1 Å². The van der Waals surface area contributed by atoms with Crippen molar-refractivity contribution in [2.45, 2.75) is 6.92 Å². The minimum absolute atomic E-state index is 0.127. The summed E-state index contributed by atoms with van der Waals surface area (Å²) in [6.45, 7) is 1.43. The summed E-state index contributed by atoms with van der Waals surface area (Å²) in [6.07, 6.45) is 0.662. The predicted molar refractivity (Wildman–Crippen MR) is 56.1 cm³/mol. The van der Waals surface area contributed by atoms with Crippen LogP contribution in [0.2, 0.25) is 0 Å². The van der Waals surface area contributed by atoms with Crippen molar-refractivity contribution in [1.29, 1.82) is 0 Å². The number of aldehydes is 1. The van der Waals surface area contributed by atoms with Crippen molar-refractivity contribution in [1.82, 2.24) is 0 Å². The molecule has 0 spiro atoms. The Morgan fingerprint density at radius 3 is 2.57 bits per heavy atom. The molecule has 0 saturated carbocycles. The molecular weight excluding hydrogens is 248 g/mol. The van der Waals surface area contributed by atoms with Crippen LogP contribution in [0.25, 0.3) is 0 Å². The van der Waals surface area contributed by atoms with Crippen molar-refractivity contribution in [3.8, 4) is 5.75 Å². The van der Waals surface area contributed by atoms with Crippen LogP contribution in [-0.2, 0) is 0 Å². The van der Waals surface area contributed by atoms with Crippen molar-refractivity contribution < 1.29 is 14.3 Å². The molecule has 0 aliphatic heterocycles. The Kier molecular flexibility index (Phi) is 3.41. The van der Waals surface area contributed by atoms with Crippen LogP contribution in [0.3, 0.4) is 0 Å². The van der Waals surface area contributed by atoms with Gasteiger partial charge in [0.2, 0.25) is 0 Å². The van der Waals surface area contributed by atoms with Gasteiger partial charge in [0.05, 0.1) is 18.2 Å². The summed E-state index contributed by atoms with van der Waals surface area (Å²) in [5.41, 5.74) is 0.776. The maximum absolute atomic E-state index is 11.2. The van der Waals surface area contributed by atoms with E-state index < -0.39 is 0 Å². The quantitative estimate of drug-likeness (QED) is 0.617. The fourth-order valence-corrected chi connectivity index (χ4v) is 1.59. The lowest BCUT2D eigenvalue weighted by molar-refractivity contribution is 0.101. The van der Waals surface area contributed by atoms with Crippen LogP contribution in [0.1, 0.15) is 27.6 Å². The second kappa shape index (κ2) is 4.37. The summed E-state index contributed by atoms with van der Waals surface area (Å²) in [5.74, 6) is 0.194. The fraction of sp³-hybridized carbons (Fsp3) is 0.200. The molecule has 0 unspecified atom stereocenters. The number of halogens is 1. The van der Waals surface area contributed by atoms with Gasteiger partial charge in [-0.25, -0.2) is 0 Å². The van der Waals surface area contributed by atoms with Gasteiger partial charge in [0.1, 0.15) is 5.75 Å². The molecule has 0 radical (unpaired) electrons. The Bertz CT molecular complexity index is 385. The second-order valence-electron chi connectivity index (χ2n) is 2.72. The van der Waals surface area contributed by atoms with Gasteiger partial charge in [0.25, 0.3) is 0 Å². The molecule has 1 aromatic carbocycles. The molecule has 0 heterocycles. The van der Waals surface area contributed by atoms with Crippen molar-refractivity contribution in [2.75, 3.05) is 7.11 Å². The van der Waals surface area contributed by atoms with Crippen molar-refractivity contribution in [3.63, 3.8) is 0 Å². The Labute approximate surface area is 90.2 Å². The molecule has 1 aromatic rings. The number of ether oxygens (including phenoxy) is 1. The zero-order valence-electron chi connectivity index (χ0n) is 7.83. The third-order valence-electron chi connectivity index (χ3n) is 1.84. The third kappa shape index (κ3) is 1.85. The Morgan fingerprint density at radius 2 is 2.14 bits per heavy atom. The summed E-state index contributed by atoms with van der Waals surface area (Å²) >= 11 is 3.21. The molecule has 74 valence electrons. The number of benzene rings is 1. The number of carbonyl (C=O) groups excluding carboxylic acids is 2. The monoisotopic (exact) mass is 256 g/mol. The van der Waals surface area contributed by atoms with Gasteiger partial charge < -0.3 is 4.74 Å². The maximum Gasteiger partial charge on any atom is 0.163 e. The average Bonchev–Trinajstić information content (AvgIpc) is 2.16. The first-order valence-electron chi connectivity index (χ1n) is 3.94. The molecule has 0 aromatic heterocycles. The number of methoxy groups -OCH3 is 1. The molecule has 1 rings (SSSR count). The lowest BCUT2D eigenvalue weighted by Gasteiger charge is -2.09. The molecule has 0 aliphatic rings. The zero-order valence-corrected chi connectivity index (χ0v) is 9.42. The van der Waals surface area contributed by atoms with Gasteiger partial charge in [-0.05, 0) is 35.0 Å². The summed E-state index contributed by atoms with van der Waals surface area (Å²) in [6, 6.07) is 3.28. The van der Waals surface area contributed by atoms with E-state index in [0.717, 1.165) is 0 Å². The van der Waals surface area contributed by atoms with Crippen LogP contribution in [0.15, 0.2) is 16.6 Å². The fourth-order valence-electron chi connectivity index (χ4n) is 1.18. The first-order chi connectivity index (χ1) is 6.61. The topological polar surface area (TPSA) is 43.4 Å². The van der Waals surface area contributed by atoms with Gasteiger partial charge in [0, 0.05) is 4.47 Å². The first kappa shape index (κ1) is 10.9. The number of hydrogen-bond donors (Lipinski definition) is 0. The van der Waals surface area contributed by atoms with E-state index in [1.54, 1.807) is 12.1 Å². The van der Waals surface area contributed by atoms with E-state index in [2.05, 4.69) is 15.9 Å². The van der Waals surface area contributed by atoms with Crippen LogP contribution in [-0.4, -0.2) is 19.2 Å². The van der Waals surface area contributed by atoms with Crippen LogP contribution in [0.5, 0.6) is 5.75 Å². The average molecular weight is 257 g/mol. The highest BCUT2D eigenvalue weighted by Gasteiger charge is 2.14. The first-order valence-corrected chi connectivity index (χ1v) is 4.73. The second-order valence-corrected chi connectivity index (χ2v) is 3.57. The summed E-state index contributed by atoms with van der Waals surface area (Å²) in [7, 11) is 1.43. The molecule has 3 nitrogen and oxygen atoms in total. The Morgan fingerprint density at radius 1 is 1.50 bits per heavy atom. The molecule has 14 heavy (non-hydrogen) atoms. The highest BCUT2D eigenvalue weighted by molar-refractivity contribution is 9.10. The van der Waals surface area contributed by atoms with Gasteiger partial charge in [-0.3, -0.25) is 9.59 Å². The van der Waals surface area contributed by atoms with Gasteiger partial charge in [-0.1, -0.05) is 0 Å². The zero-order chi connectivity index (χ0) is 10.7. The molecule has 0 atom stereocenters. The molecule has 0 amide bonds. The highest BCUT2D eigenvalue weighted by Crippen LogP contribution is 2.29. The number of Topliss-reactive ketones (excluding diaryl/α,β-unsaturated/α-hetero) is 1. The normalized spacial score (nSPS) is 9.64. The molecule has 0 N–H and O–H groups in total. The maximum atomic E-state index is 11.2. The number of ketones is 1. The number of rotatable bonds is 3. The van der Waals surface area contributed by atoms with Crippen molar-refractivity contribution >= 4 is 28.0 Å². The van der Waals surface area contributed by atoms with E-state index >= 15 is 0 Å². The SMILES string of the molecule is COc1c(C(C)=O)ccc(Br)c1C=O. The number of hydrogen-bond acceptors (Lipinski definition) is 3. The van der Waals surface area contributed by atoms with E-state index in [0.29, 0.717) is 27.6 Å². The number of carbonyl (C=O) groups is 2. The Hall–Kier alpha value is -1.16. The largest absolute Gasteiger partial charge is 0.495 e. The van der Waals surface area contributed by atoms with Crippen molar-refractivity contribution in [2.24, 2.45) is 0 Å². The van der Waals surface area contributed by atoms with Crippen LogP contribution < -0.4 is 4.74 Å². The predicted octanol–water partition coefficient (Wildman–Crippen LogP) is 2.47. The van der Waals surface area contributed by atoms with Crippen LogP contribution in [0, 0.1) is 0 Å². The van der Waals surface area contributed by atoms with Gasteiger partial charge in [-0.2, -0.15) is 0 Å². The summed E-state index contributed by atoms with van der Waals surface area (Å²) < 4.78 is 5.65. The molecule has 0 bridgehead atoms. The lowest BCUT2D eigenvalue weighted by atomic mass is 10.1. The van der Waals surface area contributed by atoms with Crippen molar-refractivity contribution in [3.05, 3.63) is 27.7 Å². The van der Waals surface area contributed by atoms with E-state index in [-0.39, 0.29) is 5.78 Å². The van der Waals surface area contributed by atoms with E-state index in [9.17, 15) is 9.59 Å². The molecule has 0 saturated heterocycles. The van der Waals surface area contributed by atoms with Gasteiger partial charge in [-0.15, -0.1) is 0 Å². The van der Waals surface area contributed by atoms with Crippen LogP contribution in [0.4, 0.5) is 0 Å². The van der Waals surface area contributed by atoms with E-state index in [1.807, 2.05) is 0 Å². The molecule has 4 heteroatoms. The Balaban J connectivity index is 3.48. The summed E-state index contributed by atoms with van der Waals surface area (Å²) in [5, 5.41) is 0. The highest BCUT2D eigenvalue weighted by atomic mass is 79.9. The smallest absolute Gasteiger partial charge is 0.163 e. The van der Waals surface area contributed by atoms with E-state index in [4.69, 9.17) is 4.74 Å². The molecule has 0 aliphatic carbocycles. The van der Waals surface area contributed by atoms with E-state index in [1.165, 1.54) is 14.0 Å². The third-order valence-corrected chi connectivity index (χ3v) is 2.54. The lowest BCUT2D eigenvalue weighted by Crippen LogP contribution is -2.01. The van der Waals surface area contributed by atoms with Gasteiger partial charge >= 0.3 is 0 Å².